The highest BCUT2D eigenvalue weighted by atomic mass is 19.2. The Morgan fingerprint density at radius 3 is 2.31 bits per heavy atom. The van der Waals surface area contributed by atoms with Crippen LogP contribution in [-0.4, -0.2) is 11.7 Å². The molecular formula is C9H9F3O. The van der Waals surface area contributed by atoms with Crippen LogP contribution in [0.15, 0.2) is 12.1 Å². The molecule has 0 bridgehead atoms. The molecule has 0 aromatic heterocycles. The molecule has 13 heavy (non-hydrogen) atoms. The number of hydrogen-bond acceptors (Lipinski definition) is 1. The summed E-state index contributed by atoms with van der Waals surface area (Å²) in [5.41, 5.74) is -0.400. The minimum Gasteiger partial charge on any atom is -0.396 e. The third kappa shape index (κ3) is 1.83. The van der Waals surface area contributed by atoms with Gasteiger partial charge in [0.25, 0.3) is 0 Å². The van der Waals surface area contributed by atoms with Gasteiger partial charge in [-0.3, -0.25) is 0 Å². The summed E-state index contributed by atoms with van der Waals surface area (Å²) in [4.78, 5) is 0. The average molecular weight is 190 g/mol. The first kappa shape index (κ1) is 10.1. The summed E-state index contributed by atoms with van der Waals surface area (Å²) < 4.78 is 38.6. The lowest BCUT2D eigenvalue weighted by molar-refractivity contribution is 0.266. The fourth-order valence-electron chi connectivity index (χ4n) is 1.09. The van der Waals surface area contributed by atoms with Gasteiger partial charge in [-0.1, -0.05) is 6.92 Å². The van der Waals surface area contributed by atoms with Crippen LogP contribution in [0.2, 0.25) is 0 Å². The fraction of sp³-hybridized carbons (Fsp3) is 0.333. The van der Waals surface area contributed by atoms with Gasteiger partial charge in [0.15, 0.2) is 11.6 Å². The highest BCUT2D eigenvalue weighted by Gasteiger charge is 2.18. The van der Waals surface area contributed by atoms with Crippen LogP contribution in [0.1, 0.15) is 18.4 Å². The molecule has 0 heterocycles. The zero-order valence-electron chi connectivity index (χ0n) is 7.02. The quantitative estimate of drug-likeness (QED) is 0.709. The van der Waals surface area contributed by atoms with Crippen molar-refractivity contribution in [2.75, 3.05) is 6.61 Å². The van der Waals surface area contributed by atoms with Crippen LogP contribution in [-0.2, 0) is 0 Å². The second kappa shape index (κ2) is 3.79. The van der Waals surface area contributed by atoms with Gasteiger partial charge in [-0.25, -0.2) is 13.2 Å². The highest BCUT2D eigenvalue weighted by Crippen LogP contribution is 2.23. The second-order valence-corrected chi connectivity index (χ2v) is 2.84. The first-order valence-corrected chi connectivity index (χ1v) is 3.82. The van der Waals surface area contributed by atoms with E-state index in [-0.39, 0.29) is 0 Å². The van der Waals surface area contributed by atoms with Crippen molar-refractivity contribution in [2.24, 2.45) is 0 Å². The lowest BCUT2D eigenvalue weighted by Gasteiger charge is -2.10. The summed E-state index contributed by atoms with van der Waals surface area (Å²) in [6.45, 7) is 0.998. The van der Waals surface area contributed by atoms with Gasteiger partial charge in [-0.15, -0.1) is 0 Å². The molecule has 1 rings (SSSR count). The standard InChI is InChI=1S/C9H9F3O/c1-5(4-13)8-6(10)2-3-7(11)9(8)12/h2-3,5,13H,4H2,1H3. The largest absolute Gasteiger partial charge is 0.396 e. The van der Waals surface area contributed by atoms with Gasteiger partial charge in [0.2, 0.25) is 0 Å². The number of rotatable bonds is 2. The Hall–Kier alpha value is -1.03. The number of hydrogen-bond donors (Lipinski definition) is 1. The van der Waals surface area contributed by atoms with Gasteiger partial charge in [0.1, 0.15) is 5.82 Å². The molecule has 0 spiro atoms. The predicted octanol–water partition coefficient (Wildman–Crippen LogP) is 2.20. The third-order valence-corrected chi connectivity index (χ3v) is 1.85. The van der Waals surface area contributed by atoms with Gasteiger partial charge in [0.05, 0.1) is 0 Å². The van der Waals surface area contributed by atoms with Crippen molar-refractivity contribution in [1.82, 2.24) is 0 Å². The minimum absolute atomic E-state index is 0.400. The highest BCUT2D eigenvalue weighted by molar-refractivity contribution is 5.24. The van der Waals surface area contributed by atoms with E-state index in [1.807, 2.05) is 0 Å². The third-order valence-electron chi connectivity index (χ3n) is 1.85. The molecule has 1 N–H and O–H groups in total. The summed E-state index contributed by atoms with van der Waals surface area (Å²) in [6.07, 6.45) is 0. The molecule has 1 aromatic rings. The molecule has 0 aliphatic carbocycles. The zero-order valence-corrected chi connectivity index (χ0v) is 7.02. The van der Waals surface area contributed by atoms with E-state index in [2.05, 4.69) is 0 Å². The van der Waals surface area contributed by atoms with Gasteiger partial charge < -0.3 is 5.11 Å². The Balaban J connectivity index is 3.25. The Kier molecular flexibility index (Phi) is 2.93. The van der Waals surface area contributed by atoms with E-state index in [0.29, 0.717) is 0 Å². The summed E-state index contributed by atoms with van der Waals surface area (Å²) >= 11 is 0. The molecule has 0 saturated heterocycles. The SMILES string of the molecule is CC(CO)c1c(F)ccc(F)c1F. The maximum Gasteiger partial charge on any atom is 0.165 e. The van der Waals surface area contributed by atoms with Gasteiger partial charge >= 0.3 is 0 Å². The molecule has 4 heteroatoms. The minimum atomic E-state index is -1.22. The molecule has 0 amide bonds. The monoisotopic (exact) mass is 190 g/mol. The molecule has 0 fully saturated rings. The molecule has 1 aromatic carbocycles. The van der Waals surface area contributed by atoms with E-state index in [4.69, 9.17) is 5.11 Å². The molecule has 1 atom stereocenters. The summed E-state index contributed by atoms with van der Waals surface area (Å²) in [6, 6.07) is 1.57. The van der Waals surface area contributed by atoms with E-state index in [9.17, 15) is 13.2 Å². The number of aliphatic hydroxyl groups excluding tert-OH is 1. The van der Waals surface area contributed by atoms with E-state index < -0.39 is 35.5 Å². The van der Waals surface area contributed by atoms with Crippen molar-refractivity contribution in [3.63, 3.8) is 0 Å². The summed E-state index contributed by atoms with van der Waals surface area (Å²) in [5, 5.41) is 8.67. The Labute approximate surface area is 73.8 Å². The van der Waals surface area contributed by atoms with Crippen LogP contribution in [0.25, 0.3) is 0 Å². The van der Waals surface area contributed by atoms with Gasteiger partial charge in [-0.2, -0.15) is 0 Å². The molecule has 0 aliphatic rings. The van der Waals surface area contributed by atoms with E-state index in [1.165, 1.54) is 6.92 Å². The molecule has 0 saturated carbocycles. The molecule has 1 unspecified atom stereocenters. The molecule has 0 aliphatic heterocycles. The van der Waals surface area contributed by atoms with E-state index >= 15 is 0 Å². The van der Waals surface area contributed by atoms with Gasteiger partial charge in [0, 0.05) is 18.1 Å². The van der Waals surface area contributed by atoms with Crippen molar-refractivity contribution in [2.45, 2.75) is 12.8 Å². The number of aliphatic hydroxyl groups is 1. The fourth-order valence-corrected chi connectivity index (χ4v) is 1.09. The number of benzene rings is 1. The first-order valence-electron chi connectivity index (χ1n) is 3.82. The Morgan fingerprint density at radius 2 is 1.77 bits per heavy atom. The van der Waals surface area contributed by atoms with Crippen molar-refractivity contribution >= 4 is 0 Å². The van der Waals surface area contributed by atoms with E-state index in [1.54, 1.807) is 0 Å². The normalized spacial score (nSPS) is 13.0. The predicted molar refractivity (Wildman–Crippen MR) is 41.8 cm³/mol. The lowest BCUT2D eigenvalue weighted by atomic mass is 10.0. The van der Waals surface area contributed by atoms with E-state index in [0.717, 1.165) is 12.1 Å². The van der Waals surface area contributed by atoms with Crippen LogP contribution in [0.4, 0.5) is 13.2 Å². The van der Waals surface area contributed by atoms with Crippen molar-refractivity contribution < 1.29 is 18.3 Å². The maximum absolute atomic E-state index is 13.0. The van der Waals surface area contributed by atoms with Crippen LogP contribution < -0.4 is 0 Å². The van der Waals surface area contributed by atoms with Crippen LogP contribution in [0.5, 0.6) is 0 Å². The lowest BCUT2D eigenvalue weighted by Crippen LogP contribution is -2.06. The molecule has 1 nitrogen and oxygen atoms in total. The number of halogens is 3. The van der Waals surface area contributed by atoms with Gasteiger partial charge in [-0.05, 0) is 12.1 Å². The molecule has 0 radical (unpaired) electrons. The van der Waals surface area contributed by atoms with Crippen LogP contribution in [0, 0.1) is 17.5 Å². The average Bonchev–Trinajstić information content (AvgIpc) is 2.12. The van der Waals surface area contributed by atoms with Crippen molar-refractivity contribution in [1.29, 1.82) is 0 Å². The molecular weight excluding hydrogens is 181 g/mol. The van der Waals surface area contributed by atoms with Crippen molar-refractivity contribution in [3.8, 4) is 0 Å². The Morgan fingerprint density at radius 1 is 1.23 bits per heavy atom. The second-order valence-electron chi connectivity index (χ2n) is 2.84. The summed E-state index contributed by atoms with van der Waals surface area (Å²) in [7, 11) is 0. The first-order chi connectivity index (χ1) is 6.07. The molecule has 72 valence electrons. The zero-order chi connectivity index (χ0) is 10.0. The smallest absolute Gasteiger partial charge is 0.165 e. The summed E-state index contributed by atoms with van der Waals surface area (Å²) in [5.74, 6) is -3.89. The topological polar surface area (TPSA) is 20.2 Å². The van der Waals surface area contributed by atoms with Crippen molar-refractivity contribution in [3.05, 3.63) is 35.1 Å². The van der Waals surface area contributed by atoms with Crippen LogP contribution in [0.3, 0.4) is 0 Å². The Bertz CT molecular complexity index is 312. The van der Waals surface area contributed by atoms with Crippen LogP contribution >= 0.6 is 0 Å². The maximum atomic E-state index is 13.0.